The maximum atomic E-state index is 9.94. The summed E-state index contributed by atoms with van der Waals surface area (Å²) in [5.41, 5.74) is 0. The van der Waals surface area contributed by atoms with Gasteiger partial charge in [-0.3, -0.25) is 4.90 Å². The minimum Gasteiger partial charge on any atom is -0.391 e. The molecule has 2 rings (SSSR count). The predicted octanol–water partition coefficient (Wildman–Crippen LogP) is 0.247. The fourth-order valence-corrected chi connectivity index (χ4v) is 2.39. The van der Waals surface area contributed by atoms with E-state index in [2.05, 4.69) is 11.8 Å². The average molecular weight is 215 g/mol. The summed E-state index contributed by atoms with van der Waals surface area (Å²) in [6.45, 7) is 6.20. The second kappa shape index (κ2) is 5.25. The number of nitrogens with zero attached hydrogens (tertiary/aromatic N) is 1. The summed E-state index contributed by atoms with van der Waals surface area (Å²) in [5, 5.41) is 9.94. The Morgan fingerprint density at radius 1 is 1.33 bits per heavy atom. The number of hydrogen-bond acceptors (Lipinski definition) is 4. The Balaban J connectivity index is 1.94. The molecule has 0 aromatic heterocycles. The molecule has 0 radical (unpaired) electrons. The van der Waals surface area contributed by atoms with Gasteiger partial charge in [-0.05, 0) is 19.8 Å². The van der Waals surface area contributed by atoms with Gasteiger partial charge in [0, 0.05) is 26.3 Å². The molecule has 0 aliphatic carbocycles. The van der Waals surface area contributed by atoms with Crippen molar-refractivity contribution in [2.24, 2.45) is 0 Å². The van der Waals surface area contributed by atoms with Gasteiger partial charge in [0.1, 0.15) is 0 Å². The zero-order chi connectivity index (χ0) is 10.7. The van der Waals surface area contributed by atoms with E-state index in [4.69, 9.17) is 9.47 Å². The number of hydrogen-bond donors (Lipinski definition) is 1. The van der Waals surface area contributed by atoms with Gasteiger partial charge in [-0.15, -0.1) is 0 Å². The highest BCUT2D eigenvalue weighted by Gasteiger charge is 2.30. The maximum Gasteiger partial charge on any atom is 0.0739 e. The van der Waals surface area contributed by atoms with Crippen molar-refractivity contribution in [1.29, 1.82) is 0 Å². The molecule has 0 spiro atoms. The minimum atomic E-state index is -0.232. The van der Waals surface area contributed by atoms with Crippen LogP contribution < -0.4 is 0 Å². The molecular formula is C11H21NO3. The van der Waals surface area contributed by atoms with Crippen LogP contribution in [0.15, 0.2) is 0 Å². The second-order valence-electron chi connectivity index (χ2n) is 4.53. The van der Waals surface area contributed by atoms with Gasteiger partial charge in [-0.25, -0.2) is 0 Å². The molecule has 2 saturated heterocycles. The first-order valence-corrected chi connectivity index (χ1v) is 5.89. The topological polar surface area (TPSA) is 41.9 Å². The fourth-order valence-electron chi connectivity index (χ4n) is 2.39. The molecule has 2 aliphatic heterocycles. The largest absolute Gasteiger partial charge is 0.391 e. The van der Waals surface area contributed by atoms with E-state index in [0.717, 1.165) is 32.5 Å². The Morgan fingerprint density at radius 2 is 2.20 bits per heavy atom. The van der Waals surface area contributed by atoms with Crippen molar-refractivity contribution in [2.75, 3.05) is 32.9 Å². The van der Waals surface area contributed by atoms with E-state index in [9.17, 15) is 5.11 Å². The third-order valence-corrected chi connectivity index (χ3v) is 3.24. The summed E-state index contributed by atoms with van der Waals surface area (Å²) in [6.07, 6.45) is 1.84. The predicted molar refractivity (Wildman–Crippen MR) is 56.8 cm³/mol. The number of aliphatic hydroxyl groups excluding tert-OH is 1. The molecule has 2 aliphatic rings. The summed E-state index contributed by atoms with van der Waals surface area (Å²) < 4.78 is 11.0. The summed E-state index contributed by atoms with van der Waals surface area (Å²) in [4.78, 5) is 2.32. The van der Waals surface area contributed by atoms with Gasteiger partial charge in [-0.2, -0.15) is 0 Å². The second-order valence-corrected chi connectivity index (χ2v) is 4.53. The lowest BCUT2D eigenvalue weighted by Gasteiger charge is -2.37. The van der Waals surface area contributed by atoms with Gasteiger partial charge in [-0.1, -0.05) is 0 Å². The van der Waals surface area contributed by atoms with Crippen molar-refractivity contribution in [3.8, 4) is 0 Å². The molecule has 0 amide bonds. The summed E-state index contributed by atoms with van der Waals surface area (Å²) in [6, 6.07) is 0.169. The van der Waals surface area contributed by atoms with Crippen LogP contribution in [-0.2, 0) is 9.47 Å². The van der Waals surface area contributed by atoms with E-state index in [0.29, 0.717) is 13.2 Å². The summed E-state index contributed by atoms with van der Waals surface area (Å²) in [5.74, 6) is 0. The Hall–Kier alpha value is -0.160. The van der Waals surface area contributed by atoms with Crippen molar-refractivity contribution >= 4 is 0 Å². The van der Waals surface area contributed by atoms with Crippen molar-refractivity contribution in [2.45, 2.75) is 38.0 Å². The lowest BCUT2D eigenvalue weighted by atomic mass is 10.0. The van der Waals surface area contributed by atoms with E-state index < -0.39 is 0 Å². The van der Waals surface area contributed by atoms with E-state index in [1.165, 1.54) is 0 Å². The highest BCUT2D eigenvalue weighted by atomic mass is 16.5. The van der Waals surface area contributed by atoms with Crippen LogP contribution in [0.2, 0.25) is 0 Å². The Morgan fingerprint density at radius 3 is 3.00 bits per heavy atom. The van der Waals surface area contributed by atoms with Crippen molar-refractivity contribution in [3.05, 3.63) is 0 Å². The van der Waals surface area contributed by atoms with Crippen molar-refractivity contribution in [1.82, 2.24) is 4.90 Å². The third kappa shape index (κ3) is 2.91. The molecule has 88 valence electrons. The first-order chi connectivity index (χ1) is 7.27. The molecule has 0 saturated carbocycles. The highest BCUT2D eigenvalue weighted by molar-refractivity contribution is 4.83. The van der Waals surface area contributed by atoms with Gasteiger partial charge in [0.25, 0.3) is 0 Å². The van der Waals surface area contributed by atoms with Gasteiger partial charge in [0.15, 0.2) is 0 Å². The van der Waals surface area contributed by atoms with E-state index in [-0.39, 0.29) is 18.2 Å². The van der Waals surface area contributed by atoms with E-state index in [1.54, 1.807) is 0 Å². The van der Waals surface area contributed by atoms with Crippen LogP contribution in [0, 0.1) is 0 Å². The molecule has 3 atom stereocenters. The normalized spacial score (nSPS) is 40.0. The SMILES string of the molecule is CC1CN(C2COCCC2O)CCCO1. The molecule has 1 N–H and O–H groups in total. The number of rotatable bonds is 1. The Labute approximate surface area is 91.2 Å². The lowest BCUT2D eigenvalue weighted by molar-refractivity contribution is -0.0654. The maximum absolute atomic E-state index is 9.94. The molecule has 2 fully saturated rings. The van der Waals surface area contributed by atoms with Crippen LogP contribution in [0.1, 0.15) is 19.8 Å². The first-order valence-electron chi connectivity index (χ1n) is 5.89. The fraction of sp³-hybridized carbons (Fsp3) is 1.00. The molecule has 0 aromatic rings. The van der Waals surface area contributed by atoms with Crippen molar-refractivity contribution < 1.29 is 14.6 Å². The van der Waals surface area contributed by atoms with Crippen LogP contribution in [0.4, 0.5) is 0 Å². The summed E-state index contributed by atoms with van der Waals surface area (Å²) in [7, 11) is 0. The van der Waals surface area contributed by atoms with Gasteiger partial charge in [0.2, 0.25) is 0 Å². The van der Waals surface area contributed by atoms with E-state index >= 15 is 0 Å². The third-order valence-electron chi connectivity index (χ3n) is 3.24. The zero-order valence-corrected chi connectivity index (χ0v) is 9.39. The van der Waals surface area contributed by atoms with Crippen LogP contribution in [0.3, 0.4) is 0 Å². The van der Waals surface area contributed by atoms with Crippen LogP contribution in [0.25, 0.3) is 0 Å². The Kier molecular flexibility index (Phi) is 3.97. The van der Waals surface area contributed by atoms with E-state index in [1.807, 2.05) is 0 Å². The molecule has 0 bridgehead atoms. The Bertz CT molecular complexity index is 200. The van der Waals surface area contributed by atoms with Gasteiger partial charge >= 0.3 is 0 Å². The number of aliphatic hydroxyl groups is 1. The van der Waals surface area contributed by atoms with Crippen LogP contribution >= 0.6 is 0 Å². The molecular weight excluding hydrogens is 194 g/mol. The number of ether oxygens (including phenoxy) is 2. The molecule has 4 nitrogen and oxygen atoms in total. The van der Waals surface area contributed by atoms with Crippen LogP contribution in [0.5, 0.6) is 0 Å². The molecule has 0 aromatic carbocycles. The van der Waals surface area contributed by atoms with Gasteiger partial charge in [0.05, 0.1) is 24.9 Å². The standard InChI is InChI=1S/C11H21NO3/c1-9-7-12(4-2-5-15-9)10-8-14-6-3-11(10)13/h9-11,13H,2-8H2,1H3. The monoisotopic (exact) mass is 215 g/mol. The molecule has 2 heterocycles. The zero-order valence-electron chi connectivity index (χ0n) is 9.39. The quantitative estimate of drug-likeness (QED) is 0.680. The van der Waals surface area contributed by atoms with Gasteiger partial charge < -0.3 is 14.6 Å². The smallest absolute Gasteiger partial charge is 0.0739 e. The highest BCUT2D eigenvalue weighted by Crippen LogP contribution is 2.17. The first kappa shape index (κ1) is 11.3. The average Bonchev–Trinajstić information content (AvgIpc) is 2.43. The summed E-state index contributed by atoms with van der Waals surface area (Å²) >= 11 is 0. The van der Waals surface area contributed by atoms with Crippen LogP contribution in [-0.4, -0.2) is 61.2 Å². The molecule has 15 heavy (non-hydrogen) atoms. The lowest BCUT2D eigenvalue weighted by Crippen LogP contribution is -2.51. The minimum absolute atomic E-state index is 0.169. The molecule has 3 unspecified atom stereocenters. The van der Waals surface area contributed by atoms with Crippen molar-refractivity contribution in [3.63, 3.8) is 0 Å². The molecule has 4 heteroatoms.